The van der Waals surface area contributed by atoms with E-state index >= 15 is 0 Å². The summed E-state index contributed by atoms with van der Waals surface area (Å²) in [6, 6.07) is 0. The quantitative estimate of drug-likeness (QED) is 0.687. The first kappa shape index (κ1) is 8.70. The summed E-state index contributed by atoms with van der Waals surface area (Å²) in [5.41, 5.74) is -1.43. The highest BCUT2D eigenvalue weighted by Crippen LogP contribution is 1.82. The van der Waals surface area contributed by atoms with Crippen molar-refractivity contribution in [3.05, 3.63) is 32.9 Å². The minimum atomic E-state index is -0.928. The van der Waals surface area contributed by atoms with Crippen LogP contribution in [-0.2, 0) is 6.54 Å². The number of nitrogens with one attached hydrogen (secondary N) is 1. The molecule has 1 aromatic rings. The molecule has 4 nitrogen and oxygen atoms in total. The van der Waals surface area contributed by atoms with Gasteiger partial charge in [-0.05, 0) is 6.42 Å². The lowest BCUT2D eigenvalue weighted by atomic mass is 10.4. The van der Waals surface area contributed by atoms with Crippen molar-refractivity contribution in [1.29, 1.82) is 0 Å². The normalized spacial score (nSPS) is 10.2. The molecule has 0 bridgehead atoms. The van der Waals surface area contributed by atoms with Crippen LogP contribution in [0, 0.1) is 5.82 Å². The number of H-pyrrole nitrogens is 1. The van der Waals surface area contributed by atoms with Crippen LogP contribution in [0.2, 0.25) is 0 Å². The third kappa shape index (κ3) is 1.44. The number of halogens is 1. The Kier molecular flexibility index (Phi) is 2.42. The molecule has 0 aromatic carbocycles. The SMILES string of the molecule is CCCn1c(=O)[nH]cc(F)c1=O. The molecule has 0 aliphatic carbocycles. The molecule has 0 aliphatic heterocycles. The maximum atomic E-state index is 12.6. The highest BCUT2D eigenvalue weighted by Gasteiger charge is 2.04. The molecule has 0 saturated carbocycles. The first-order chi connectivity index (χ1) is 5.66. The standard InChI is InChI=1S/C7H9FN2O2/c1-2-3-10-6(11)5(8)4-9-7(10)12/h4H,2-3H2,1H3,(H,9,12). The third-order valence-electron chi connectivity index (χ3n) is 1.46. The molecule has 12 heavy (non-hydrogen) atoms. The van der Waals surface area contributed by atoms with E-state index in [0.29, 0.717) is 6.42 Å². The van der Waals surface area contributed by atoms with Gasteiger partial charge in [-0.3, -0.25) is 9.36 Å². The van der Waals surface area contributed by atoms with Gasteiger partial charge in [0, 0.05) is 12.7 Å². The Labute approximate surface area is 67.7 Å². The summed E-state index contributed by atoms with van der Waals surface area (Å²) in [7, 11) is 0. The molecule has 0 amide bonds. The van der Waals surface area contributed by atoms with Crippen LogP contribution in [-0.4, -0.2) is 9.55 Å². The highest BCUT2D eigenvalue weighted by atomic mass is 19.1. The number of hydrogen-bond donors (Lipinski definition) is 1. The Morgan fingerprint density at radius 3 is 2.83 bits per heavy atom. The van der Waals surface area contributed by atoms with E-state index in [2.05, 4.69) is 4.98 Å². The Bertz CT molecular complexity index is 380. The van der Waals surface area contributed by atoms with Gasteiger partial charge in [0.1, 0.15) is 0 Å². The summed E-state index contributed by atoms with van der Waals surface area (Å²) in [4.78, 5) is 24.0. The predicted molar refractivity (Wildman–Crippen MR) is 41.6 cm³/mol. The van der Waals surface area contributed by atoms with Crippen molar-refractivity contribution in [2.24, 2.45) is 0 Å². The Hall–Kier alpha value is -1.39. The van der Waals surface area contributed by atoms with Crippen LogP contribution in [0.3, 0.4) is 0 Å². The first-order valence-electron chi connectivity index (χ1n) is 3.65. The number of aromatic amines is 1. The maximum Gasteiger partial charge on any atom is 0.328 e. The number of nitrogens with zero attached hydrogens (tertiary/aromatic N) is 1. The smallest absolute Gasteiger partial charge is 0.311 e. The monoisotopic (exact) mass is 172 g/mol. The first-order valence-corrected chi connectivity index (χ1v) is 3.65. The summed E-state index contributed by atoms with van der Waals surface area (Å²) in [5, 5.41) is 0. The average molecular weight is 172 g/mol. The lowest BCUT2D eigenvalue weighted by molar-refractivity contribution is 0.534. The average Bonchev–Trinajstić information content (AvgIpc) is 2.06. The molecular formula is C7H9FN2O2. The van der Waals surface area contributed by atoms with Crippen LogP contribution in [0.25, 0.3) is 0 Å². The summed E-state index contributed by atoms with van der Waals surface area (Å²) < 4.78 is 13.4. The van der Waals surface area contributed by atoms with E-state index in [9.17, 15) is 14.0 Å². The summed E-state index contributed by atoms with van der Waals surface area (Å²) in [5.74, 6) is -0.928. The fraction of sp³-hybridized carbons (Fsp3) is 0.429. The molecular weight excluding hydrogens is 163 g/mol. The van der Waals surface area contributed by atoms with E-state index in [-0.39, 0.29) is 6.54 Å². The van der Waals surface area contributed by atoms with Crippen LogP contribution < -0.4 is 11.2 Å². The lowest BCUT2D eigenvalue weighted by Crippen LogP contribution is -2.36. The third-order valence-corrected chi connectivity index (χ3v) is 1.46. The minimum Gasteiger partial charge on any atom is -0.311 e. The molecule has 5 heteroatoms. The van der Waals surface area contributed by atoms with Crippen molar-refractivity contribution < 1.29 is 4.39 Å². The molecule has 0 radical (unpaired) electrons. The van der Waals surface area contributed by atoms with Gasteiger partial charge < -0.3 is 4.98 Å². The lowest BCUT2D eigenvalue weighted by Gasteiger charge is -1.99. The van der Waals surface area contributed by atoms with Crippen molar-refractivity contribution in [2.75, 3.05) is 0 Å². The molecule has 1 N–H and O–H groups in total. The number of rotatable bonds is 2. The Balaban J connectivity index is 3.34. The molecule has 0 atom stereocenters. The predicted octanol–water partition coefficient (Wildman–Crippen LogP) is 0.0857. The molecule has 1 rings (SSSR count). The van der Waals surface area contributed by atoms with Crippen LogP contribution >= 0.6 is 0 Å². The number of hydrogen-bond acceptors (Lipinski definition) is 2. The molecule has 0 saturated heterocycles. The van der Waals surface area contributed by atoms with Gasteiger partial charge in [-0.1, -0.05) is 6.92 Å². The van der Waals surface area contributed by atoms with Gasteiger partial charge in [0.2, 0.25) is 5.82 Å². The van der Waals surface area contributed by atoms with Gasteiger partial charge >= 0.3 is 5.69 Å². The largest absolute Gasteiger partial charge is 0.328 e. The van der Waals surface area contributed by atoms with Crippen LogP contribution in [0.4, 0.5) is 4.39 Å². The Morgan fingerprint density at radius 1 is 1.58 bits per heavy atom. The van der Waals surface area contributed by atoms with E-state index in [4.69, 9.17) is 0 Å². The highest BCUT2D eigenvalue weighted by molar-refractivity contribution is 4.86. The van der Waals surface area contributed by atoms with Gasteiger partial charge in [-0.25, -0.2) is 4.79 Å². The summed E-state index contributed by atoms with van der Waals surface area (Å²) in [6.07, 6.45) is 1.39. The molecule has 0 spiro atoms. The zero-order valence-electron chi connectivity index (χ0n) is 6.63. The molecule has 1 heterocycles. The van der Waals surface area contributed by atoms with E-state index in [1.807, 2.05) is 0 Å². The van der Waals surface area contributed by atoms with Crippen LogP contribution in [0.1, 0.15) is 13.3 Å². The zero-order chi connectivity index (χ0) is 9.14. The minimum absolute atomic E-state index is 0.242. The molecule has 1 aromatic heterocycles. The second-order valence-corrected chi connectivity index (χ2v) is 2.40. The van der Waals surface area contributed by atoms with Gasteiger partial charge in [0.15, 0.2) is 0 Å². The van der Waals surface area contributed by atoms with Crippen LogP contribution in [0.5, 0.6) is 0 Å². The zero-order valence-corrected chi connectivity index (χ0v) is 6.63. The van der Waals surface area contributed by atoms with E-state index in [1.165, 1.54) is 0 Å². The van der Waals surface area contributed by atoms with Crippen molar-refractivity contribution in [3.8, 4) is 0 Å². The van der Waals surface area contributed by atoms with Crippen LogP contribution in [0.15, 0.2) is 15.8 Å². The van der Waals surface area contributed by atoms with Gasteiger partial charge in [0.25, 0.3) is 5.56 Å². The fourth-order valence-electron chi connectivity index (χ4n) is 0.913. The van der Waals surface area contributed by atoms with E-state index in [1.54, 1.807) is 6.92 Å². The van der Waals surface area contributed by atoms with Crippen molar-refractivity contribution >= 4 is 0 Å². The maximum absolute atomic E-state index is 12.6. The fourth-order valence-corrected chi connectivity index (χ4v) is 0.913. The van der Waals surface area contributed by atoms with Crippen molar-refractivity contribution in [2.45, 2.75) is 19.9 Å². The molecule has 0 aliphatic rings. The van der Waals surface area contributed by atoms with Gasteiger partial charge in [-0.15, -0.1) is 0 Å². The summed E-state index contributed by atoms with van der Waals surface area (Å²) in [6.45, 7) is 2.04. The van der Waals surface area contributed by atoms with E-state index < -0.39 is 17.1 Å². The van der Waals surface area contributed by atoms with Crippen molar-refractivity contribution in [3.63, 3.8) is 0 Å². The Morgan fingerprint density at radius 2 is 2.25 bits per heavy atom. The topological polar surface area (TPSA) is 54.9 Å². The second-order valence-electron chi connectivity index (χ2n) is 2.40. The molecule has 0 unspecified atom stereocenters. The molecule has 0 fully saturated rings. The molecule has 66 valence electrons. The number of aromatic nitrogens is 2. The summed E-state index contributed by atoms with van der Waals surface area (Å²) >= 11 is 0. The van der Waals surface area contributed by atoms with Crippen molar-refractivity contribution in [1.82, 2.24) is 9.55 Å². The van der Waals surface area contributed by atoms with Gasteiger partial charge in [-0.2, -0.15) is 4.39 Å². The van der Waals surface area contributed by atoms with Gasteiger partial charge in [0.05, 0.1) is 0 Å². The van der Waals surface area contributed by atoms with E-state index in [0.717, 1.165) is 10.8 Å². The second kappa shape index (κ2) is 3.34.